The molecule has 1 N–H and O–H groups in total. The molecule has 0 aliphatic carbocycles. The van der Waals surface area contributed by atoms with Gasteiger partial charge in [-0.1, -0.05) is 45.2 Å². The van der Waals surface area contributed by atoms with Crippen molar-refractivity contribution in [2.75, 3.05) is 12.4 Å². The van der Waals surface area contributed by atoms with Gasteiger partial charge in [0.15, 0.2) is 5.82 Å². The molecule has 0 saturated heterocycles. The second-order valence-electron chi connectivity index (χ2n) is 8.08. The summed E-state index contributed by atoms with van der Waals surface area (Å²) in [6.07, 6.45) is 6.28. The van der Waals surface area contributed by atoms with E-state index in [9.17, 15) is 4.79 Å². The smallest absolute Gasteiger partial charge is 0.229 e. The monoisotopic (exact) mass is 543 g/mol. The van der Waals surface area contributed by atoms with Gasteiger partial charge in [-0.05, 0) is 76.9 Å². The first-order valence-electron chi connectivity index (χ1n) is 11.0. The molecule has 0 aliphatic rings. The van der Waals surface area contributed by atoms with Crippen LogP contribution >= 0.6 is 22.6 Å². The van der Waals surface area contributed by atoms with Gasteiger partial charge in [-0.3, -0.25) is 4.79 Å². The third-order valence-electron chi connectivity index (χ3n) is 5.36. The zero-order chi connectivity index (χ0) is 22.9. The molecule has 6 heteroatoms. The lowest BCUT2D eigenvalue weighted by molar-refractivity contribution is -0.115. The number of nitrogens with zero attached hydrogens (tertiary/aromatic N) is 2. The Kier molecular flexibility index (Phi) is 9.02. The summed E-state index contributed by atoms with van der Waals surface area (Å²) in [5.41, 5.74) is 3.57. The van der Waals surface area contributed by atoms with Crippen molar-refractivity contribution >= 4 is 34.3 Å². The van der Waals surface area contributed by atoms with Crippen LogP contribution < -0.4 is 10.1 Å². The van der Waals surface area contributed by atoms with E-state index in [0.29, 0.717) is 18.2 Å². The molecule has 0 bridgehead atoms. The number of nitrogens with one attached hydrogen (secondary N) is 1. The van der Waals surface area contributed by atoms with Crippen LogP contribution in [0.15, 0.2) is 54.7 Å². The molecule has 5 nitrogen and oxygen atoms in total. The molecule has 3 rings (SSSR count). The Labute approximate surface area is 204 Å². The fraction of sp³-hybridized carbons (Fsp3) is 0.346. The van der Waals surface area contributed by atoms with Crippen LogP contribution in [0, 0.1) is 9.49 Å². The van der Waals surface area contributed by atoms with E-state index in [2.05, 4.69) is 46.7 Å². The van der Waals surface area contributed by atoms with Gasteiger partial charge >= 0.3 is 0 Å². The molecule has 0 radical (unpaired) electrons. The number of carbonyl (C=O) groups is 1. The lowest BCUT2D eigenvalue weighted by Gasteiger charge is -2.15. The number of halogens is 1. The normalized spacial score (nSPS) is 11.8. The quantitative estimate of drug-likeness (QED) is 0.305. The van der Waals surface area contributed by atoms with E-state index in [4.69, 9.17) is 9.72 Å². The lowest BCUT2D eigenvalue weighted by atomic mass is 9.98. The highest BCUT2D eigenvalue weighted by Crippen LogP contribution is 2.25. The average Bonchev–Trinajstić information content (AvgIpc) is 2.80. The fourth-order valence-corrected chi connectivity index (χ4v) is 3.88. The van der Waals surface area contributed by atoms with Gasteiger partial charge in [-0.15, -0.1) is 0 Å². The molecule has 168 valence electrons. The molecule has 1 unspecified atom stereocenters. The molecular weight excluding hydrogens is 513 g/mol. The van der Waals surface area contributed by atoms with Gasteiger partial charge < -0.3 is 10.1 Å². The molecule has 0 saturated carbocycles. The summed E-state index contributed by atoms with van der Waals surface area (Å²) in [6.45, 7) is 4.43. The van der Waals surface area contributed by atoms with E-state index < -0.39 is 0 Å². The Bertz CT molecular complexity index is 1020. The molecule has 32 heavy (non-hydrogen) atoms. The maximum absolute atomic E-state index is 12.7. The number of hydrogen-bond acceptors (Lipinski definition) is 4. The van der Waals surface area contributed by atoms with Crippen LogP contribution in [-0.2, 0) is 17.6 Å². The molecule has 2 aromatic carbocycles. The molecule has 1 atom stereocenters. The van der Waals surface area contributed by atoms with Crippen molar-refractivity contribution in [2.24, 2.45) is 5.92 Å². The van der Waals surface area contributed by atoms with Crippen molar-refractivity contribution in [1.29, 1.82) is 0 Å². The molecular formula is C26H30IN3O2. The number of carbonyl (C=O) groups excluding carboxylic acids is 1. The number of hydrogen-bond donors (Lipinski definition) is 1. The summed E-state index contributed by atoms with van der Waals surface area (Å²) in [5, 5.41) is 3.00. The van der Waals surface area contributed by atoms with E-state index in [1.54, 1.807) is 13.3 Å². The Morgan fingerprint density at radius 1 is 1.12 bits per heavy atom. The minimum absolute atomic E-state index is 0.0832. The highest BCUT2D eigenvalue weighted by atomic mass is 127. The summed E-state index contributed by atoms with van der Waals surface area (Å²) in [6, 6.07) is 15.8. The standard InChI is InChI=1S/C26H30IN3O2/c1-4-5-6-18(2)15-23-26(30-25(31)16-19-7-11-21(27)12-8-19)28-17-24(29-23)20-9-13-22(32-3)14-10-20/h7-14,17-18H,4-6,15-16H2,1-3H3,(H,28,30,31). The zero-order valence-corrected chi connectivity index (χ0v) is 21.1. The summed E-state index contributed by atoms with van der Waals surface area (Å²) >= 11 is 2.26. The molecule has 1 aromatic heterocycles. The number of rotatable bonds is 10. The highest BCUT2D eigenvalue weighted by molar-refractivity contribution is 14.1. The summed E-state index contributed by atoms with van der Waals surface area (Å²) in [5.74, 6) is 1.73. The van der Waals surface area contributed by atoms with Gasteiger partial charge in [0.1, 0.15) is 5.75 Å². The molecule has 3 aromatic rings. The van der Waals surface area contributed by atoms with Crippen molar-refractivity contribution in [2.45, 2.75) is 46.0 Å². The Morgan fingerprint density at radius 2 is 1.84 bits per heavy atom. The maximum atomic E-state index is 12.7. The minimum Gasteiger partial charge on any atom is -0.497 e. The molecule has 0 fully saturated rings. The van der Waals surface area contributed by atoms with Crippen LogP contribution in [0.5, 0.6) is 5.75 Å². The number of methoxy groups -OCH3 is 1. The predicted molar refractivity (Wildman–Crippen MR) is 138 cm³/mol. The van der Waals surface area contributed by atoms with E-state index in [-0.39, 0.29) is 5.91 Å². The van der Waals surface area contributed by atoms with Gasteiger partial charge in [0.05, 0.1) is 31.1 Å². The first-order valence-corrected chi connectivity index (χ1v) is 12.1. The van der Waals surface area contributed by atoms with Gasteiger partial charge in [0.25, 0.3) is 0 Å². The second kappa shape index (κ2) is 11.9. The number of aromatic nitrogens is 2. The zero-order valence-electron chi connectivity index (χ0n) is 18.9. The third kappa shape index (κ3) is 7.02. The maximum Gasteiger partial charge on any atom is 0.229 e. The van der Waals surface area contributed by atoms with Crippen LogP contribution in [0.3, 0.4) is 0 Å². The van der Waals surface area contributed by atoms with E-state index in [0.717, 1.165) is 44.7 Å². The first kappa shape index (κ1) is 24.2. The SMILES string of the molecule is CCCCC(C)Cc1nc(-c2ccc(OC)cc2)cnc1NC(=O)Cc1ccc(I)cc1. The van der Waals surface area contributed by atoms with Crippen molar-refractivity contribution < 1.29 is 9.53 Å². The van der Waals surface area contributed by atoms with Crippen LogP contribution in [0.2, 0.25) is 0 Å². The van der Waals surface area contributed by atoms with Crippen molar-refractivity contribution in [1.82, 2.24) is 9.97 Å². The summed E-state index contributed by atoms with van der Waals surface area (Å²) in [4.78, 5) is 22.2. The molecule has 0 aliphatic heterocycles. The topological polar surface area (TPSA) is 64.1 Å². The molecule has 1 amide bonds. The first-order chi connectivity index (χ1) is 15.5. The van der Waals surface area contributed by atoms with Gasteiger partial charge in [0.2, 0.25) is 5.91 Å². The lowest BCUT2D eigenvalue weighted by Crippen LogP contribution is -2.18. The van der Waals surface area contributed by atoms with Crippen molar-refractivity contribution in [3.63, 3.8) is 0 Å². The van der Waals surface area contributed by atoms with Crippen LogP contribution in [0.4, 0.5) is 5.82 Å². The Morgan fingerprint density at radius 3 is 2.50 bits per heavy atom. The summed E-state index contributed by atoms with van der Waals surface area (Å²) < 4.78 is 6.40. The minimum atomic E-state index is -0.0832. The number of benzene rings is 2. The van der Waals surface area contributed by atoms with E-state index >= 15 is 0 Å². The number of anilines is 1. The highest BCUT2D eigenvalue weighted by Gasteiger charge is 2.15. The number of unbranched alkanes of at least 4 members (excludes halogenated alkanes) is 1. The van der Waals surface area contributed by atoms with Crippen molar-refractivity contribution in [3.05, 3.63) is 69.6 Å². The van der Waals surface area contributed by atoms with Crippen LogP contribution in [0.1, 0.15) is 44.4 Å². The molecule has 1 heterocycles. The fourth-order valence-electron chi connectivity index (χ4n) is 3.52. The van der Waals surface area contributed by atoms with E-state index in [1.165, 1.54) is 12.8 Å². The number of amides is 1. The average molecular weight is 543 g/mol. The molecule has 0 spiro atoms. The largest absolute Gasteiger partial charge is 0.497 e. The summed E-state index contributed by atoms with van der Waals surface area (Å²) in [7, 11) is 1.65. The third-order valence-corrected chi connectivity index (χ3v) is 6.08. The Hall–Kier alpha value is -2.48. The number of ether oxygens (including phenoxy) is 1. The van der Waals surface area contributed by atoms with Crippen LogP contribution in [0.25, 0.3) is 11.3 Å². The van der Waals surface area contributed by atoms with Crippen molar-refractivity contribution in [3.8, 4) is 17.0 Å². The predicted octanol–water partition coefficient (Wildman–Crippen LogP) is 6.31. The van der Waals surface area contributed by atoms with Gasteiger partial charge in [0, 0.05) is 9.13 Å². The van der Waals surface area contributed by atoms with Gasteiger partial charge in [-0.2, -0.15) is 0 Å². The van der Waals surface area contributed by atoms with Gasteiger partial charge in [-0.25, -0.2) is 9.97 Å². The Balaban J connectivity index is 1.82. The second-order valence-corrected chi connectivity index (χ2v) is 9.33. The van der Waals surface area contributed by atoms with Crippen LogP contribution in [-0.4, -0.2) is 23.0 Å². The van der Waals surface area contributed by atoms with E-state index in [1.807, 2.05) is 48.5 Å².